The van der Waals surface area contributed by atoms with Gasteiger partial charge in [0.1, 0.15) is 11.5 Å². The van der Waals surface area contributed by atoms with Gasteiger partial charge in [0.15, 0.2) is 0 Å². The zero-order valence-corrected chi connectivity index (χ0v) is 13.7. The van der Waals surface area contributed by atoms with Crippen LogP contribution in [0.2, 0.25) is 0 Å². The number of nitrogens with zero attached hydrogens (tertiary/aromatic N) is 2. The van der Waals surface area contributed by atoms with E-state index in [1.165, 1.54) is 16.9 Å². The number of H-pyrrole nitrogens is 2. The van der Waals surface area contributed by atoms with Crippen molar-refractivity contribution >= 4 is 22.6 Å². The fraction of sp³-hybridized carbons (Fsp3) is 0.0556. The second-order valence-corrected chi connectivity index (χ2v) is 5.80. The number of benzene rings is 2. The number of fused-ring (bicyclic) bond motifs is 1. The largest absolute Gasteiger partial charge is 0.323 e. The van der Waals surface area contributed by atoms with E-state index >= 15 is 0 Å². The SMILES string of the molecule is Cc1c(C(=O)Nc2ccc3[nH]c(=O)[nH]c3c2)cnn1-c1ccccc1F. The maximum Gasteiger partial charge on any atom is 0.323 e. The molecular weight excluding hydrogens is 337 g/mol. The van der Waals surface area contributed by atoms with Crippen LogP contribution in [0.25, 0.3) is 16.7 Å². The van der Waals surface area contributed by atoms with Gasteiger partial charge in [0.05, 0.1) is 28.5 Å². The summed E-state index contributed by atoms with van der Waals surface area (Å²) >= 11 is 0. The van der Waals surface area contributed by atoms with Crippen molar-refractivity contribution in [1.29, 1.82) is 0 Å². The van der Waals surface area contributed by atoms with Crippen LogP contribution in [0.5, 0.6) is 0 Å². The Morgan fingerprint density at radius 2 is 1.92 bits per heavy atom. The van der Waals surface area contributed by atoms with Gasteiger partial charge in [0, 0.05) is 5.69 Å². The molecule has 0 bridgehead atoms. The van der Waals surface area contributed by atoms with Gasteiger partial charge >= 0.3 is 5.69 Å². The molecule has 0 unspecified atom stereocenters. The van der Waals surface area contributed by atoms with Gasteiger partial charge in [-0.25, -0.2) is 13.9 Å². The van der Waals surface area contributed by atoms with Crippen LogP contribution in [0, 0.1) is 12.7 Å². The Morgan fingerprint density at radius 3 is 2.73 bits per heavy atom. The molecule has 0 aliphatic rings. The molecule has 7 nitrogen and oxygen atoms in total. The smallest absolute Gasteiger partial charge is 0.322 e. The lowest BCUT2D eigenvalue weighted by Gasteiger charge is -2.07. The molecule has 0 saturated heterocycles. The maximum atomic E-state index is 14.0. The predicted molar refractivity (Wildman–Crippen MR) is 95.1 cm³/mol. The number of para-hydroxylation sites is 1. The summed E-state index contributed by atoms with van der Waals surface area (Å²) in [6, 6.07) is 11.2. The molecule has 3 N–H and O–H groups in total. The fourth-order valence-corrected chi connectivity index (χ4v) is 2.81. The molecule has 0 fully saturated rings. The van der Waals surface area contributed by atoms with E-state index in [4.69, 9.17) is 0 Å². The van der Waals surface area contributed by atoms with E-state index in [2.05, 4.69) is 20.4 Å². The lowest BCUT2D eigenvalue weighted by molar-refractivity contribution is 0.102. The molecule has 2 aromatic heterocycles. The molecule has 8 heteroatoms. The number of amides is 1. The number of hydrogen-bond donors (Lipinski definition) is 3. The first-order valence-electron chi connectivity index (χ1n) is 7.86. The minimum Gasteiger partial charge on any atom is -0.322 e. The number of carbonyl (C=O) groups excluding carboxylic acids is 1. The third-order valence-corrected chi connectivity index (χ3v) is 4.11. The average molecular weight is 351 g/mol. The van der Waals surface area contributed by atoms with Crippen molar-refractivity contribution in [3.05, 3.63) is 76.2 Å². The van der Waals surface area contributed by atoms with E-state index < -0.39 is 5.82 Å². The molecule has 130 valence electrons. The summed E-state index contributed by atoms with van der Waals surface area (Å²) in [5.41, 5.74) is 2.57. The van der Waals surface area contributed by atoms with Gasteiger partial charge in [-0.2, -0.15) is 5.10 Å². The van der Waals surface area contributed by atoms with Crippen LogP contribution in [0.15, 0.2) is 53.5 Å². The molecule has 1 amide bonds. The van der Waals surface area contributed by atoms with Gasteiger partial charge in [-0.05, 0) is 37.3 Å². The summed E-state index contributed by atoms with van der Waals surface area (Å²) < 4.78 is 15.4. The zero-order chi connectivity index (χ0) is 18.3. The highest BCUT2D eigenvalue weighted by Crippen LogP contribution is 2.19. The monoisotopic (exact) mass is 351 g/mol. The molecule has 0 aliphatic heterocycles. The molecule has 2 aromatic carbocycles. The van der Waals surface area contributed by atoms with E-state index in [1.807, 2.05) is 0 Å². The van der Waals surface area contributed by atoms with Crippen molar-refractivity contribution in [3.8, 4) is 5.69 Å². The molecule has 26 heavy (non-hydrogen) atoms. The van der Waals surface area contributed by atoms with Gasteiger partial charge in [0.25, 0.3) is 5.91 Å². The van der Waals surface area contributed by atoms with E-state index in [9.17, 15) is 14.0 Å². The van der Waals surface area contributed by atoms with Crippen molar-refractivity contribution < 1.29 is 9.18 Å². The number of aromatic amines is 2. The highest BCUT2D eigenvalue weighted by atomic mass is 19.1. The number of imidazole rings is 1. The Balaban J connectivity index is 1.64. The van der Waals surface area contributed by atoms with Crippen molar-refractivity contribution in [1.82, 2.24) is 19.7 Å². The van der Waals surface area contributed by atoms with Gasteiger partial charge in [0.2, 0.25) is 0 Å². The Morgan fingerprint density at radius 1 is 1.15 bits per heavy atom. The molecule has 0 radical (unpaired) electrons. The van der Waals surface area contributed by atoms with Crippen LogP contribution in [-0.2, 0) is 0 Å². The van der Waals surface area contributed by atoms with Gasteiger partial charge in [-0.3, -0.25) is 4.79 Å². The van der Waals surface area contributed by atoms with Crippen LogP contribution in [0.4, 0.5) is 10.1 Å². The summed E-state index contributed by atoms with van der Waals surface area (Å²) in [5.74, 6) is -0.796. The lowest BCUT2D eigenvalue weighted by atomic mass is 10.2. The van der Waals surface area contributed by atoms with Crippen molar-refractivity contribution in [2.75, 3.05) is 5.32 Å². The summed E-state index contributed by atoms with van der Waals surface area (Å²) in [6.45, 7) is 1.70. The van der Waals surface area contributed by atoms with Crippen LogP contribution in [0.1, 0.15) is 16.1 Å². The van der Waals surface area contributed by atoms with Crippen molar-refractivity contribution in [2.24, 2.45) is 0 Å². The standard InChI is InChI=1S/C18H14FN5O2/c1-10-12(9-20-24(10)16-5-3-2-4-13(16)19)17(25)21-11-6-7-14-15(8-11)23-18(26)22-14/h2-9H,1H3,(H,21,25)(H2,22,23,26). The van der Waals surface area contributed by atoms with E-state index in [-0.39, 0.29) is 17.3 Å². The molecular formula is C18H14FN5O2. The Hall–Kier alpha value is -3.68. The highest BCUT2D eigenvalue weighted by molar-refractivity contribution is 6.05. The first kappa shape index (κ1) is 15.8. The van der Waals surface area contributed by atoms with E-state index in [0.29, 0.717) is 28.0 Å². The minimum absolute atomic E-state index is 0.273. The molecule has 0 aliphatic carbocycles. The van der Waals surface area contributed by atoms with Crippen molar-refractivity contribution in [3.63, 3.8) is 0 Å². The van der Waals surface area contributed by atoms with Gasteiger partial charge < -0.3 is 15.3 Å². The summed E-state index contributed by atoms with van der Waals surface area (Å²) in [6.07, 6.45) is 1.40. The minimum atomic E-state index is -0.424. The highest BCUT2D eigenvalue weighted by Gasteiger charge is 2.17. The van der Waals surface area contributed by atoms with Gasteiger partial charge in [-0.15, -0.1) is 0 Å². The number of aromatic nitrogens is 4. The number of anilines is 1. The molecule has 4 rings (SSSR count). The topological polar surface area (TPSA) is 95.6 Å². The molecule has 4 aromatic rings. The fourth-order valence-electron chi connectivity index (χ4n) is 2.81. The summed E-state index contributed by atoms with van der Waals surface area (Å²) in [4.78, 5) is 29.1. The Kier molecular flexibility index (Phi) is 3.65. The molecule has 0 saturated carbocycles. The first-order chi connectivity index (χ1) is 12.5. The quantitative estimate of drug-likeness (QED) is 0.529. The lowest BCUT2D eigenvalue weighted by Crippen LogP contribution is -2.13. The summed E-state index contributed by atoms with van der Waals surface area (Å²) in [7, 11) is 0. The number of halogens is 1. The maximum absolute atomic E-state index is 14.0. The van der Waals surface area contributed by atoms with Crippen LogP contribution in [0.3, 0.4) is 0 Å². The molecule has 2 heterocycles. The Bertz CT molecular complexity index is 1190. The molecule has 0 spiro atoms. The second-order valence-electron chi connectivity index (χ2n) is 5.80. The molecule has 0 atom stereocenters. The number of carbonyl (C=O) groups is 1. The zero-order valence-electron chi connectivity index (χ0n) is 13.7. The summed E-state index contributed by atoms with van der Waals surface area (Å²) in [5, 5.41) is 6.88. The number of hydrogen-bond acceptors (Lipinski definition) is 3. The van der Waals surface area contributed by atoms with Crippen LogP contribution < -0.4 is 11.0 Å². The third-order valence-electron chi connectivity index (χ3n) is 4.11. The Labute approximate surface area is 146 Å². The average Bonchev–Trinajstić information content (AvgIpc) is 3.17. The number of rotatable bonds is 3. The van der Waals surface area contributed by atoms with Crippen molar-refractivity contribution in [2.45, 2.75) is 6.92 Å². The third kappa shape index (κ3) is 2.67. The first-order valence-corrected chi connectivity index (χ1v) is 7.86. The number of nitrogens with one attached hydrogen (secondary N) is 3. The normalized spacial score (nSPS) is 11.0. The van der Waals surface area contributed by atoms with E-state index in [1.54, 1.807) is 43.3 Å². The van der Waals surface area contributed by atoms with E-state index in [0.717, 1.165) is 0 Å². The predicted octanol–water partition coefficient (Wildman–Crippen LogP) is 2.74. The van der Waals surface area contributed by atoms with Crippen LogP contribution in [-0.4, -0.2) is 25.7 Å². The van der Waals surface area contributed by atoms with Gasteiger partial charge in [-0.1, -0.05) is 12.1 Å². The van der Waals surface area contributed by atoms with Crippen LogP contribution >= 0.6 is 0 Å². The second kappa shape index (κ2) is 5.99.